The van der Waals surface area contributed by atoms with Crippen molar-refractivity contribution in [3.05, 3.63) is 88.2 Å². The number of alkyl carbamates (subject to hydrolysis) is 1. The number of nitrogens with one attached hydrogen (secondary N) is 2. The number of carbonyl (C=O) groups is 4. The van der Waals surface area contributed by atoms with Gasteiger partial charge in [-0.25, -0.2) is 14.0 Å². The van der Waals surface area contributed by atoms with Gasteiger partial charge in [0.1, 0.15) is 24.4 Å². The van der Waals surface area contributed by atoms with Crippen LogP contribution in [0.5, 0.6) is 5.75 Å². The van der Waals surface area contributed by atoms with Gasteiger partial charge in [0.05, 0.1) is 18.8 Å². The molecule has 0 radical (unpaired) electrons. The van der Waals surface area contributed by atoms with Crippen LogP contribution in [0.2, 0.25) is 5.02 Å². The quantitative estimate of drug-likeness (QED) is 0.128. The van der Waals surface area contributed by atoms with Crippen LogP contribution in [-0.4, -0.2) is 118 Å². The lowest BCUT2D eigenvalue weighted by Crippen LogP contribution is -2.49. The van der Waals surface area contributed by atoms with E-state index >= 15 is 4.39 Å². The van der Waals surface area contributed by atoms with Crippen molar-refractivity contribution in [2.75, 3.05) is 60.7 Å². The van der Waals surface area contributed by atoms with Gasteiger partial charge in [-0.05, 0) is 103 Å². The fraction of sp³-hybridized carbons (Fsp3) is 0.522. The van der Waals surface area contributed by atoms with Gasteiger partial charge in [0.25, 0.3) is 5.91 Å². The van der Waals surface area contributed by atoms with E-state index in [-0.39, 0.29) is 85.0 Å². The molecule has 15 heteroatoms. The van der Waals surface area contributed by atoms with Crippen molar-refractivity contribution in [1.82, 2.24) is 20.4 Å². The highest BCUT2D eigenvalue weighted by Gasteiger charge is 2.35. The Kier molecular flexibility index (Phi) is 17.8. The van der Waals surface area contributed by atoms with E-state index in [1.165, 1.54) is 24.1 Å². The number of rotatable bonds is 17. The number of carbonyl (C=O) groups excluding carboxylic acids is 4. The minimum absolute atomic E-state index is 0.00315. The van der Waals surface area contributed by atoms with E-state index in [1.54, 1.807) is 31.1 Å². The van der Waals surface area contributed by atoms with Gasteiger partial charge in [0, 0.05) is 68.4 Å². The molecule has 0 aromatic heterocycles. The maximum absolute atomic E-state index is 16.8. The summed E-state index contributed by atoms with van der Waals surface area (Å²) in [7, 11) is 4.74. The molecule has 1 saturated carbocycles. The average molecular weight is 869 g/mol. The van der Waals surface area contributed by atoms with Crippen LogP contribution >= 0.6 is 11.6 Å². The monoisotopic (exact) mass is 868 g/mol. The second-order valence-electron chi connectivity index (χ2n) is 17.2. The highest BCUT2D eigenvalue weighted by Crippen LogP contribution is 2.40. The van der Waals surface area contributed by atoms with Gasteiger partial charge in [-0.1, -0.05) is 48.0 Å². The summed E-state index contributed by atoms with van der Waals surface area (Å²) in [5.41, 5.74) is 0.347. The van der Waals surface area contributed by atoms with Crippen LogP contribution in [0.25, 0.3) is 11.1 Å². The molecule has 4 amide bonds. The highest BCUT2D eigenvalue weighted by atomic mass is 35.5. The fourth-order valence-corrected chi connectivity index (χ4v) is 7.12. The number of ether oxygens (including phenoxy) is 5. The van der Waals surface area contributed by atoms with Gasteiger partial charge in [0.2, 0.25) is 5.91 Å². The molecule has 0 spiro atoms. The Morgan fingerprint density at radius 1 is 0.852 bits per heavy atom. The lowest BCUT2D eigenvalue weighted by molar-refractivity contribution is -0.133. The lowest BCUT2D eigenvalue weighted by atomic mass is 9.86. The molecule has 2 N–H and O–H groups in total. The molecule has 13 nitrogen and oxygen atoms in total. The molecule has 0 saturated heterocycles. The normalized spacial score (nSPS) is 15.9. The van der Waals surface area contributed by atoms with Gasteiger partial charge in [0.15, 0.2) is 11.6 Å². The predicted octanol–water partition coefficient (Wildman–Crippen LogP) is 8.21. The number of methoxy groups -OCH3 is 1. The van der Waals surface area contributed by atoms with Crippen molar-refractivity contribution in [3.63, 3.8) is 0 Å². The van der Waals surface area contributed by atoms with Crippen molar-refractivity contribution < 1.29 is 47.3 Å². The molecule has 61 heavy (non-hydrogen) atoms. The molecule has 1 aliphatic carbocycles. The minimum Gasteiger partial charge on any atom is -0.488 e. The van der Waals surface area contributed by atoms with E-state index in [9.17, 15) is 19.2 Å². The van der Waals surface area contributed by atoms with Crippen LogP contribution in [-0.2, 0) is 23.7 Å². The number of amides is 4. The van der Waals surface area contributed by atoms with E-state index in [1.807, 2.05) is 77.9 Å². The Morgan fingerprint density at radius 3 is 2.15 bits per heavy atom. The number of nitrogens with zero attached hydrogens (tertiary/aromatic N) is 2. The largest absolute Gasteiger partial charge is 0.488 e. The molecule has 0 aliphatic heterocycles. The molecule has 3 aromatic rings. The van der Waals surface area contributed by atoms with Crippen molar-refractivity contribution >= 4 is 35.6 Å². The second-order valence-corrected chi connectivity index (χ2v) is 17.6. The predicted molar refractivity (Wildman–Crippen MR) is 233 cm³/mol. The first-order valence-electron chi connectivity index (χ1n) is 20.6. The molecule has 0 heterocycles. The number of benzene rings is 3. The van der Waals surface area contributed by atoms with Gasteiger partial charge in [-0.15, -0.1) is 0 Å². The van der Waals surface area contributed by atoms with E-state index in [0.717, 1.165) is 5.56 Å². The third-order valence-electron chi connectivity index (χ3n) is 9.88. The first kappa shape index (κ1) is 48.7. The summed E-state index contributed by atoms with van der Waals surface area (Å²) in [5.74, 6) is -2.15. The molecule has 1 aliphatic rings. The van der Waals surface area contributed by atoms with Crippen LogP contribution in [0.1, 0.15) is 94.6 Å². The average Bonchev–Trinajstić information content (AvgIpc) is 3.18. The third kappa shape index (κ3) is 14.9. The number of halogens is 2. The third-order valence-corrected chi connectivity index (χ3v) is 10.2. The Morgan fingerprint density at radius 2 is 1.52 bits per heavy atom. The Hall–Kier alpha value is -4.92. The molecule has 1 unspecified atom stereocenters. The van der Waals surface area contributed by atoms with Crippen molar-refractivity contribution in [1.29, 1.82) is 0 Å². The summed E-state index contributed by atoms with van der Waals surface area (Å²) in [5, 5.41) is 5.92. The summed E-state index contributed by atoms with van der Waals surface area (Å²) in [6.07, 6.45) is 1.49. The first-order chi connectivity index (χ1) is 28.8. The summed E-state index contributed by atoms with van der Waals surface area (Å²) in [6, 6.07) is 17.4. The topological polar surface area (TPSA) is 145 Å². The first-order valence-corrected chi connectivity index (χ1v) is 21.0. The summed E-state index contributed by atoms with van der Waals surface area (Å²) in [4.78, 5) is 55.6. The van der Waals surface area contributed by atoms with Crippen LogP contribution < -0.4 is 15.4 Å². The van der Waals surface area contributed by atoms with E-state index in [2.05, 4.69) is 10.6 Å². The lowest BCUT2D eigenvalue weighted by Gasteiger charge is -2.39. The SMILES string of the molecule is COCCOc1ccc(C(=O)NCCOCC(=O)N(C)C)c(-c2cc(C(CN(C(=O)OC(C)(C)C)C3CCC(NC(=O)OC(C)(C)C)CC3)c3ccccc3)ccc2Cl)c1F. The van der Waals surface area contributed by atoms with Gasteiger partial charge >= 0.3 is 12.2 Å². The van der Waals surface area contributed by atoms with E-state index in [0.29, 0.717) is 31.2 Å². The van der Waals surface area contributed by atoms with Crippen molar-refractivity contribution in [3.8, 4) is 16.9 Å². The Labute approximate surface area is 364 Å². The van der Waals surface area contributed by atoms with E-state index in [4.69, 9.17) is 35.3 Å². The molecular formula is C46H62ClFN4O9. The van der Waals surface area contributed by atoms with Gasteiger partial charge in [-0.2, -0.15) is 0 Å². The number of likely N-dealkylation sites (N-methyl/N-ethyl adjacent to an activating group) is 1. The van der Waals surface area contributed by atoms with Crippen LogP contribution in [0.15, 0.2) is 60.7 Å². The van der Waals surface area contributed by atoms with Gasteiger partial charge < -0.3 is 44.1 Å². The van der Waals surface area contributed by atoms with Gasteiger partial charge in [-0.3, -0.25) is 9.59 Å². The molecule has 4 rings (SSSR count). The van der Waals surface area contributed by atoms with Crippen LogP contribution in [0.3, 0.4) is 0 Å². The Bertz CT molecular complexity index is 1940. The Balaban J connectivity index is 1.73. The zero-order valence-corrected chi connectivity index (χ0v) is 37.7. The standard InChI is InChI=1S/C46H62ClFN4O9/c1-45(2,3)60-43(55)50-32-16-18-33(19-17-32)52(44(56)61-46(4,5)6)28-36(30-13-11-10-12-14-30)31-15-21-37(47)35(27-31)40-34(20-22-38(41(40)48)59-26-25-57-9)42(54)49-23-24-58-29-39(53)51(7)8/h10-15,20-22,27,32-33,36H,16-19,23-26,28-29H2,1-9H3,(H,49,54)(H,50,55). The summed E-state index contributed by atoms with van der Waals surface area (Å²) in [6.45, 7) is 11.3. The molecule has 1 atom stereocenters. The maximum atomic E-state index is 16.8. The second kappa shape index (κ2) is 22.3. The number of hydrogen-bond donors (Lipinski definition) is 2. The number of hydrogen-bond acceptors (Lipinski definition) is 9. The molecule has 0 bridgehead atoms. The smallest absolute Gasteiger partial charge is 0.410 e. The fourth-order valence-electron chi connectivity index (χ4n) is 6.91. The highest BCUT2D eigenvalue weighted by molar-refractivity contribution is 6.33. The molecule has 3 aromatic carbocycles. The molecular weight excluding hydrogens is 807 g/mol. The minimum atomic E-state index is -0.793. The maximum Gasteiger partial charge on any atom is 0.410 e. The van der Waals surface area contributed by atoms with Crippen LogP contribution in [0, 0.1) is 5.82 Å². The van der Waals surface area contributed by atoms with E-state index < -0.39 is 41.0 Å². The zero-order valence-electron chi connectivity index (χ0n) is 36.9. The van der Waals surface area contributed by atoms with Crippen molar-refractivity contribution in [2.45, 2.75) is 96.4 Å². The zero-order chi connectivity index (χ0) is 44.9. The summed E-state index contributed by atoms with van der Waals surface area (Å²) < 4.78 is 44.5. The summed E-state index contributed by atoms with van der Waals surface area (Å²) >= 11 is 6.91. The molecule has 334 valence electrons. The van der Waals surface area contributed by atoms with Crippen molar-refractivity contribution in [2.24, 2.45) is 0 Å². The van der Waals surface area contributed by atoms with Crippen LogP contribution in [0.4, 0.5) is 14.0 Å². The molecule has 1 fully saturated rings.